The highest BCUT2D eigenvalue weighted by molar-refractivity contribution is 6.28. The van der Waals surface area contributed by atoms with Gasteiger partial charge in [-0.05, 0) is 50.9 Å². The van der Waals surface area contributed by atoms with Crippen molar-refractivity contribution in [3.8, 4) is 33.6 Å². The number of benzene rings is 7. The van der Waals surface area contributed by atoms with Gasteiger partial charge >= 0.3 is 0 Å². The average Bonchev–Trinajstić information content (AvgIpc) is 3.63. The zero-order valence-electron chi connectivity index (χ0n) is 22.7. The second-order valence-electron chi connectivity index (χ2n) is 10.8. The van der Waals surface area contributed by atoms with E-state index in [4.69, 9.17) is 8.83 Å². The Morgan fingerprint density at radius 1 is 0.310 bits per heavy atom. The maximum Gasteiger partial charge on any atom is 0.147 e. The lowest BCUT2D eigenvalue weighted by Gasteiger charge is -2.18. The Kier molecular flexibility index (Phi) is 4.93. The highest BCUT2D eigenvalue weighted by Gasteiger charge is 2.26. The second kappa shape index (κ2) is 8.95. The molecule has 0 aliphatic heterocycles. The van der Waals surface area contributed by atoms with Crippen molar-refractivity contribution in [2.75, 3.05) is 0 Å². The molecule has 2 aromatic heterocycles. The smallest absolute Gasteiger partial charge is 0.147 e. The first-order chi connectivity index (χ1) is 20.9. The van der Waals surface area contributed by atoms with Crippen molar-refractivity contribution in [2.45, 2.75) is 0 Å². The third-order valence-corrected chi connectivity index (χ3v) is 8.48. The summed E-state index contributed by atoms with van der Waals surface area (Å²) in [6, 6.07) is 51.1. The summed E-state index contributed by atoms with van der Waals surface area (Å²) in [5.74, 6) is 0.848. The highest BCUT2D eigenvalue weighted by atomic mass is 16.3. The Balaban J connectivity index is 1.53. The molecule has 2 heterocycles. The van der Waals surface area contributed by atoms with Crippen LogP contribution in [0.2, 0.25) is 0 Å². The summed E-state index contributed by atoms with van der Waals surface area (Å²) in [4.78, 5) is 0. The fourth-order valence-corrected chi connectivity index (χ4v) is 6.71. The van der Waals surface area contributed by atoms with Crippen molar-refractivity contribution >= 4 is 54.5 Å². The molecule has 42 heavy (non-hydrogen) atoms. The number of furan rings is 2. The van der Waals surface area contributed by atoms with E-state index in [2.05, 4.69) is 127 Å². The van der Waals surface area contributed by atoms with Crippen LogP contribution in [0, 0.1) is 0 Å². The van der Waals surface area contributed by atoms with Gasteiger partial charge < -0.3 is 8.83 Å². The number of hydrogen-bond donors (Lipinski definition) is 0. The lowest BCUT2D eigenvalue weighted by atomic mass is 9.84. The molecule has 0 saturated heterocycles. The topological polar surface area (TPSA) is 26.3 Å². The molecular weight excluding hydrogens is 512 g/mol. The summed E-state index contributed by atoms with van der Waals surface area (Å²) < 4.78 is 13.4. The molecule has 9 rings (SSSR count). The molecule has 196 valence electrons. The fourth-order valence-electron chi connectivity index (χ4n) is 6.71. The van der Waals surface area contributed by atoms with Crippen molar-refractivity contribution in [1.82, 2.24) is 0 Å². The Hall–Kier alpha value is -5.60. The molecule has 0 unspecified atom stereocenters. The van der Waals surface area contributed by atoms with Gasteiger partial charge in [-0.1, -0.05) is 127 Å². The van der Waals surface area contributed by atoms with Crippen LogP contribution in [-0.4, -0.2) is 0 Å². The summed E-state index contributed by atoms with van der Waals surface area (Å²) in [6.07, 6.45) is 0. The van der Waals surface area contributed by atoms with Gasteiger partial charge in [0.1, 0.15) is 22.5 Å². The summed E-state index contributed by atoms with van der Waals surface area (Å²) in [6.45, 7) is 0. The van der Waals surface area contributed by atoms with E-state index in [9.17, 15) is 0 Å². The molecular formula is C40H24O2. The summed E-state index contributed by atoms with van der Waals surface area (Å²) in [5, 5.41) is 7.99. The van der Waals surface area contributed by atoms with Crippen molar-refractivity contribution in [2.24, 2.45) is 0 Å². The SMILES string of the molecule is c1ccc(-c2oc3ccc4c5ccccc5oc4c3c2-c2c3ccccc3c(-c3ccccc3)c3ccccc23)cc1. The summed E-state index contributed by atoms with van der Waals surface area (Å²) in [5.41, 5.74) is 8.26. The highest BCUT2D eigenvalue weighted by Crippen LogP contribution is 2.51. The normalized spacial score (nSPS) is 11.8. The van der Waals surface area contributed by atoms with Crippen LogP contribution < -0.4 is 0 Å². The van der Waals surface area contributed by atoms with Crippen molar-refractivity contribution in [3.05, 3.63) is 146 Å². The van der Waals surface area contributed by atoms with E-state index < -0.39 is 0 Å². The minimum Gasteiger partial charge on any atom is -0.455 e. The van der Waals surface area contributed by atoms with Crippen LogP contribution in [0.25, 0.3) is 88.0 Å². The largest absolute Gasteiger partial charge is 0.455 e. The van der Waals surface area contributed by atoms with E-state index in [0.29, 0.717) is 0 Å². The summed E-state index contributed by atoms with van der Waals surface area (Å²) in [7, 11) is 0. The van der Waals surface area contributed by atoms with Crippen LogP contribution in [-0.2, 0) is 0 Å². The minimum absolute atomic E-state index is 0.815. The van der Waals surface area contributed by atoms with Gasteiger partial charge in [0.15, 0.2) is 0 Å². The third kappa shape index (κ3) is 3.27. The number of fused-ring (bicyclic) bond motifs is 7. The van der Waals surface area contributed by atoms with Crippen LogP contribution in [0.3, 0.4) is 0 Å². The van der Waals surface area contributed by atoms with Crippen LogP contribution in [0.5, 0.6) is 0 Å². The zero-order valence-corrected chi connectivity index (χ0v) is 22.7. The molecule has 0 bridgehead atoms. The van der Waals surface area contributed by atoms with E-state index in [1.165, 1.54) is 32.7 Å². The van der Waals surface area contributed by atoms with Gasteiger partial charge in [-0.25, -0.2) is 0 Å². The van der Waals surface area contributed by atoms with Crippen LogP contribution >= 0.6 is 0 Å². The predicted molar refractivity (Wildman–Crippen MR) is 175 cm³/mol. The minimum atomic E-state index is 0.815. The molecule has 0 amide bonds. The molecule has 0 saturated carbocycles. The maximum atomic E-state index is 6.80. The molecule has 2 heteroatoms. The van der Waals surface area contributed by atoms with Gasteiger partial charge in [0.05, 0.1) is 5.39 Å². The molecule has 9 aromatic rings. The van der Waals surface area contributed by atoms with Crippen molar-refractivity contribution in [1.29, 1.82) is 0 Å². The number of hydrogen-bond acceptors (Lipinski definition) is 2. The lowest BCUT2D eigenvalue weighted by molar-refractivity contribution is 0.631. The lowest BCUT2D eigenvalue weighted by Crippen LogP contribution is -1.91. The maximum absolute atomic E-state index is 6.80. The Bertz CT molecular complexity index is 2390. The van der Waals surface area contributed by atoms with Crippen LogP contribution in [0.1, 0.15) is 0 Å². The van der Waals surface area contributed by atoms with E-state index >= 15 is 0 Å². The fraction of sp³-hybridized carbons (Fsp3) is 0. The van der Waals surface area contributed by atoms with Crippen molar-refractivity contribution < 1.29 is 8.83 Å². The zero-order chi connectivity index (χ0) is 27.6. The first kappa shape index (κ1) is 23.1. The monoisotopic (exact) mass is 536 g/mol. The molecule has 0 radical (unpaired) electrons. The molecule has 2 nitrogen and oxygen atoms in total. The van der Waals surface area contributed by atoms with Gasteiger partial charge in [0.25, 0.3) is 0 Å². The van der Waals surface area contributed by atoms with E-state index in [1.54, 1.807) is 0 Å². The van der Waals surface area contributed by atoms with Gasteiger partial charge in [-0.3, -0.25) is 0 Å². The first-order valence-corrected chi connectivity index (χ1v) is 14.3. The molecule has 0 atom stereocenters. The first-order valence-electron chi connectivity index (χ1n) is 14.3. The van der Waals surface area contributed by atoms with E-state index in [1.807, 2.05) is 18.2 Å². The quantitative estimate of drug-likeness (QED) is 0.210. The Labute approximate surface area is 242 Å². The third-order valence-electron chi connectivity index (χ3n) is 8.48. The average molecular weight is 537 g/mol. The molecule has 0 fully saturated rings. The van der Waals surface area contributed by atoms with E-state index in [0.717, 1.165) is 55.4 Å². The van der Waals surface area contributed by atoms with Crippen LogP contribution in [0.15, 0.2) is 154 Å². The van der Waals surface area contributed by atoms with E-state index in [-0.39, 0.29) is 0 Å². The van der Waals surface area contributed by atoms with Gasteiger partial charge in [-0.15, -0.1) is 0 Å². The van der Waals surface area contributed by atoms with Gasteiger partial charge in [0.2, 0.25) is 0 Å². The molecule has 7 aromatic carbocycles. The van der Waals surface area contributed by atoms with Crippen molar-refractivity contribution in [3.63, 3.8) is 0 Å². The molecule has 0 aliphatic rings. The van der Waals surface area contributed by atoms with Gasteiger partial charge in [0, 0.05) is 27.5 Å². The molecule has 0 aliphatic carbocycles. The Morgan fingerprint density at radius 2 is 0.833 bits per heavy atom. The summed E-state index contributed by atoms with van der Waals surface area (Å²) >= 11 is 0. The number of para-hydroxylation sites is 1. The standard InChI is InChI=1S/C40H24O2/c1-3-13-25(14-4-1)35-28-18-7-9-20-30(28)36(31-21-10-8-19-29(31)35)38-37-34(42-39(38)26-15-5-2-6-16-26)24-23-32-27-17-11-12-22-33(27)41-40(32)37/h1-24H. The predicted octanol–water partition coefficient (Wildman–Crippen LogP) is 11.6. The Morgan fingerprint density at radius 3 is 1.48 bits per heavy atom. The van der Waals surface area contributed by atoms with Gasteiger partial charge in [-0.2, -0.15) is 0 Å². The van der Waals surface area contributed by atoms with Crippen LogP contribution in [0.4, 0.5) is 0 Å². The second-order valence-corrected chi connectivity index (χ2v) is 10.8. The molecule has 0 N–H and O–H groups in total. The molecule has 0 spiro atoms. The number of rotatable bonds is 3.